The number of benzene rings is 2. The van der Waals surface area contributed by atoms with Gasteiger partial charge in [-0.15, -0.1) is 0 Å². The summed E-state index contributed by atoms with van der Waals surface area (Å²) in [6, 6.07) is 13.9. The van der Waals surface area contributed by atoms with Gasteiger partial charge in [-0.25, -0.2) is 9.18 Å². The molecule has 2 aliphatic rings. The van der Waals surface area contributed by atoms with E-state index in [-0.39, 0.29) is 25.0 Å². The van der Waals surface area contributed by atoms with E-state index in [2.05, 4.69) is 5.32 Å². The standard InChI is InChI=1S/C22H22FN3O4/c23-17-8-4-5-15(11-17)13-26-21(28)18(24-22(26)29)12-20(27)25-9-10-30-19(14-25)16-6-2-1-3-7-16/h1-8,11,18-19H,9-10,12-14H2,(H,24,29)/t18-,19+/m1/s1. The molecule has 2 aromatic rings. The minimum Gasteiger partial charge on any atom is -0.370 e. The number of hydrogen-bond donors (Lipinski definition) is 1. The lowest BCUT2D eigenvalue weighted by atomic mass is 10.1. The van der Waals surface area contributed by atoms with E-state index in [1.54, 1.807) is 11.0 Å². The molecular formula is C22H22FN3O4. The summed E-state index contributed by atoms with van der Waals surface area (Å²) in [6.45, 7) is 1.19. The average molecular weight is 411 g/mol. The van der Waals surface area contributed by atoms with E-state index in [1.165, 1.54) is 18.2 Å². The molecule has 4 amide bonds. The smallest absolute Gasteiger partial charge is 0.325 e. The summed E-state index contributed by atoms with van der Waals surface area (Å²) < 4.78 is 19.2. The Bertz CT molecular complexity index is 952. The topological polar surface area (TPSA) is 79.0 Å². The highest BCUT2D eigenvalue weighted by molar-refractivity contribution is 6.05. The van der Waals surface area contributed by atoms with Crippen molar-refractivity contribution in [1.82, 2.24) is 15.1 Å². The lowest BCUT2D eigenvalue weighted by molar-refractivity contribution is -0.141. The molecule has 156 valence electrons. The normalized spacial score (nSPS) is 21.6. The highest BCUT2D eigenvalue weighted by Crippen LogP contribution is 2.23. The second-order valence-electron chi connectivity index (χ2n) is 7.37. The number of hydrogen-bond acceptors (Lipinski definition) is 4. The number of rotatable bonds is 5. The van der Waals surface area contributed by atoms with Crippen LogP contribution in [-0.2, 0) is 20.9 Å². The maximum absolute atomic E-state index is 13.4. The summed E-state index contributed by atoms with van der Waals surface area (Å²) in [4.78, 5) is 40.4. The van der Waals surface area contributed by atoms with Gasteiger partial charge in [-0.05, 0) is 23.3 Å². The van der Waals surface area contributed by atoms with Crippen molar-refractivity contribution in [1.29, 1.82) is 0 Å². The van der Waals surface area contributed by atoms with Crippen molar-refractivity contribution in [3.05, 3.63) is 71.5 Å². The summed E-state index contributed by atoms with van der Waals surface area (Å²) in [5.74, 6) is -1.14. The quantitative estimate of drug-likeness (QED) is 0.766. The third-order valence-corrected chi connectivity index (χ3v) is 5.31. The first-order valence-electron chi connectivity index (χ1n) is 9.82. The van der Waals surface area contributed by atoms with Gasteiger partial charge in [-0.3, -0.25) is 14.5 Å². The van der Waals surface area contributed by atoms with Crippen molar-refractivity contribution in [3.63, 3.8) is 0 Å². The summed E-state index contributed by atoms with van der Waals surface area (Å²) in [5.41, 5.74) is 1.49. The van der Waals surface area contributed by atoms with Crippen molar-refractivity contribution in [2.24, 2.45) is 0 Å². The van der Waals surface area contributed by atoms with Crippen molar-refractivity contribution < 1.29 is 23.5 Å². The number of halogens is 1. The highest BCUT2D eigenvalue weighted by atomic mass is 19.1. The van der Waals surface area contributed by atoms with Gasteiger partial charge in [-0.1, -0.05) is 42.5 Å². The Morgan fingerprint density at radius 1 is 1.13 bits per heavy atom. The number of carbonyl (C=O) groups excluding carboxylic acids is 3. The fourth-order valence-electron chi connectivity index (χ4n) is 3.73. The second-order valence-corrected chi connectivity index (χ2v) is 7.37. The lowest BCUT2D eigenvalue weighted by Gasteiger charge is -2.33. The molecule has 8 heteroatoms. The van der Waals surface area contributed by atoms with Crippen molar-refractivity contribution in [2.75, 3.05) is 19.7 Å². The molecule has 2 aliphatic heterocycles. The molecule has 30 heavy (non-hydrogen) atoms. The third kappa shape index (κ3) is 4.33. The number of urea groups is 1. The van der Waals surface area contributed by atoms with Gasteiger partial charge in [0.05, 0.1) is 26.1 Å². The van der Waals surface area contributed by atoms with Gasteiger partial charge in [0.1, 0.15) is 18.0 Å². The van der Waals surface area contributed by atoms with Crippen LogP contribution in [0.15, 0.2) is 54.6 Å². The fourth-order valence-corrected chi connectivity index (χ4v) is 3.73. The zero-order valence-electron chi connectivity index (χ0n) is 16.3. The van der Waals surface area contributed by atoms with Crippen molar-refractivity contribution in [3.8, 4) is 0 Å². The minimum absolute atomic E-state index is 0.0409. The van der Waals surface area contributed by atoms with Gasteiger partial charge >= 0.3 is 6.03 Å². The molecule has 0 saturated carbocycles. The Kier molecular flexibility index (Phi) is 5.76. The SMILES string of the molecule is O=C(C[C@H]1NC(=O)N(Cc2cccc(F)c2)C1=O)N1CCO[C@H](c2ccccc2)C1. The average Bonchev–Trinajstić information content (AvgIpc) is 3.02. The van der Waals surface area contributed by atoms with E-state index in [1.807, 2.05) is 30.3 Å². The maximum Gasteiger partial charge on any atom is 0.325 e. The molecule has 0 spiro atoms. The third-order valence-electron chi connectivity index (χ3n) is 5.31. The number of amides is 4. The van der Waals surface area contributed by atoms with Crippen LogP contribution in [-0.4, -0.2) is 53.4 Å². The lowest BCUT2D eigenvalue weighted by Crippen LogP contribution is -2.45. The van der Waals surface area contributed by atoms with E-state index >= 15 is 0 Å². The summed E-state index contributed by atoms with van der Waals surface area (Å²) in [7, 11) is 0. The van der Waals surface area contributed by atoms with Crippen LogP contribution in [0.1, 0.15) is 23.7 Å². The molecule has 1 N–H and O–H groups in total. The van der Waals surface area contributed by atoms with Crippen LogP contribution in [0.5, 0.6) is 0 Å². The van der Waals surface area contributed by atoms with Crippen LogP contribution in [0.2, 0.25) is 0 Å². The number of carbonyl (C=O) groups is 3. The molecule has 4 rings (SSSR count). The van der Waals surface area contributed by atoms with Gasteiger partial charge in [-0.2, -0.15) is 0 Å². The van der Waals surface area contributed by atoms with Crippen LogP contribution in [0.25, 0.3) is 0 Å². The molecule has 0 radical (unpaired) electrons. The molecule has 0 aliphatic carbocycles. The Morgan fingerprint density at radius 3 is 2.70 bits per heavy atom. The zero-order valence-corrected chi connectivity index (χ0v) is 16.3. The van der Waals surface area contributed by atoms with Crippen LogP contribution < -0.4 is 5.32 Å². The van der Waals surface area contributed by atoms with E-state index in [0.717, 1.165) is 10.5 Å². The zero-order chi connectivity index (χ0) is 21.1. The number of ether oxygens (including phenoxy) is 1. The first kappa shape index (κ1) is 20.0. The van der Waals surface area contributed by atoms with Gasteiger partial charge in [0, 0.05) is 6.54 Å². The van der Waals surface area contributed by atoms with Crippen LogP contribution in [0, 0.1) is 5.82 Å². The Morgan fingerprint density at radius 2 is 1.93 bits per heavy atom. The molecule has 0 bridgehead atoms. The molecule has 2 saturated heterocycles. The molecule has 2 atom stereocenters. The van der Waals surface area contributed by atoms with E-state index in [0.29, 0.717) is 25.3 Å². The van der Waals surface area contributed by atoms with Crippen LogP contribution in [0.3, 0.4) is 0 Å². The summed E-state index contributed by atoms with van der Waals surface area (Å²) >= 11 is 0. The fraction of sp³-hybridized carbons (Fsp3) is 0.318. The van der Waals surface area contributed by atoms with Gasteiger partial charge in [0.15, 0.2) is 0 Å². The van der Waals surface area contributed by atoms with Gasteiger partial charge in [0.25, 0.3) is 5.91 Å². The number of nitrogens with one attached hydrogen (secondary N) is 1. The van der Waals surface area contributed by atoms with Gasteiger partial charge < -0.3 is 15.0 Å². The predicted molar refractivity (Wildman–Crippen MR) is 106 cm³/mol. The minimum atomic E-state index is -0.920. The number of morpholine rings is 1. The summed E-state index contributed by atoms with van der Waals surface area (Å²) in [5, 5.41) is 2.57. The van der Waals surface area contributed by atoms with Crippen molar-refractivity contribution >= 4 is 17.8 Å². The van der Waals surface area contributed by atoms with Gasteiger partial charge in [0.2, 0.25) is 5.91 Å². The largest absolute Gasteiger partial charge is 0.370 e. The molecule has 2 heterocycles. The monoisotopic (exact) mass is 411 g/mol. The van der Waals surface area contributed by atoms with Crippen LogP contribution >= 0.6 is 0 Å². The Balaban J connectivity index is 1.37. The predicted octanol–water partition coefficient (Wildman–Crippen LogP) is 2.24. The molecule has 0 unspecified atom stereocenters. The highest BCUT2D eigenvalue weighted by Gasteiger charge is 2.40. The number of nitrogens with zero attached hydrogens (tertiary/aromatic N) is 2. The molecule has 2 aromatic carbocycles. The van der Waals surface area contributed by atoms with E-state index in [9.17, 15) is 18.8 Å². The Hall–Kier alpha value is -3.26. The number of imide groups is 1. The molecule has 7 nitrogen and oxygen atoms in total. The second kappa shape index (κ2) is 8.62. The molecule has 2 fully saturated rings. The first-order valence-corrected chi connectivity index (χ1v) is 9.82. The molecular weight excluding hydrogens is 389 g/mol. The van der Waals surface area contributed by atoms with Crippen LogP contribution in [0.4, 0.5) is 9.18 Å². The van der Waals surface area contributed by atoms with Crippen molar-refractivity contribution in [2.45, 2.75) is 25.1 Å². The molecule has 0 aromatic heterocycles. The maximum atomic E-state index is 13.4. The van der Waals surface area contributed by atoms with E-state index < -0.39 is 23.8 Å². The van der Waals surface area contributed by atoms with E-state index in [4.69, 9.17) is 4.74 Å². The summed E-state index contributed by atoms with van der Waals surface area (Å²) in [6.07, 6.45) is -0.339. The first-order chi connectivity index (χ1) is 14.5. The Labute approximate surface area is 173 Å².